The molecule has 0 aliphatic carbocycles. The Morgan fingerprint density at radius 1 is 1.20 bits per heavy atom. The monoisotopic (exact) mass is 653 g/mol. The number of anilines is 2. The summed E-state index contributed by atoms with van der Waals surface area (Å²) in [6.45, 7) is 6.34. The SMILES string of the molecule is CC.COc1ccnc(OC[C@H]2CCCN2c2nc3c(cc2F)c(=O)c(C(=O)O)cn3-c2ccc(N3CC(N(C)C)C3)nc2)c1Cl. The maximum atomic E-state index is 15.7. The van der Waals surface area contributed by atoms with E-state index in [4.69, 9.17) is 21.1 Å². The van der Waals surface area contributed by atoms with Crippen LogP contribution in [0.15, 0.2) is 47.7 Å². The molecule has 4 aromatic heterocycles. The highest BCUT2D eigenvalue weighted by Gasteiger charge is 2.31. The number of aromatic nitrogens is 4. The lowest BCUT2D eigenvalue weighted by molar-refractivity contribution is 0.0695. The van der Waals surface area contributed by atoms with E-state index in [1.54, 1.807) is 23.2 Å². The molecule has 6 heterocycles. The van der Waals surface area contributed by atoms with Gasteiger partial charge in [0.25, 0.3) is 0 Å². The van der Waals surface area contributed by atoms with Crippen molar-refractivity contribution in [3.63, 3.8) is 0 Å². The smallest absolute Gasteiger partial charge is 0.341 e. The van der Waals surface area contributed by atoms with Gasteiger partial charge in [0.05, 0.1) is 30.4 Å². The fraction of sp³-hybridized carbons (Fsp3) is 0.406. The summed E-state index contributed by atoms with van der Waals surface area (Å²) in [4.78, 5) is 44.6. The molecular weight excluding hydrogens is 617 g/mol. The number of likely N-dealkylation sites (N-methyl/N-ethyl adjacent to an activating group) is 1. The van der Waals surface area contributed by atoms with E-state index in [1.807, 2.05) is 34.0 Å². The highest BCUT2D eigenvalue weighted by atomic mass is 35.5. The minimum atomic E-state index is -1.42. The predicted molar refractivity (Wildman–Crippen MR) is 175 cm³/mol. The number of ether oxygens (including phenoxy) is 2. The molecule has 0 spiro atoms. The topological polar surface area (TPSA) is 126 Å². The van der Waals surface area contributed by atoms with Crippen LogP contribution in [0.1, 0.15) is 37.0 Å². The van der Waals surface area contributed by atoms with Gasteiger partial charge in [-0.2, -0.15) is 0 Å². The zero-order valence-electron chi connectivity index (χ0n) is 26.4. The summed E-state index contributed by atoms with van der Waals surface area (Å²) in [7, 11) is 5.57. The zero-order valence-corrected chi connectivity index (χ0v) is 27.2. The molecule has 6 rings (SSSR count). The van der Waals surface area contributed by atoms with E-state index in [-0.39, 0.29) is 40.4 Å². The molecular formula is C32H37ClFN7O5. The van der Waals surface area contributed by atoms with Crippen LogP contribution in [0.25, 0.3) is 16.7 Å². The first-order valence-corrected chi connectivity index (χ1v) is 15.5. The van der Waals surface area contributed by atoms with E-state index >= 15 is 4.39 Å². The summed E-state index contributed by atoms with van der Waals surface area (Å²) >= 11 is 6.34. The zero-order chi connectivity index (χ0) is 33.1. The van der Waals surface area contributed by atoms with Crippen molar-refractivity contribution in [2.24, 2.45) is 0 Å². The minimum Gasteiger partial charge on any atom is -0.495 e. The molecule has 1 N–H and O–H groups in total. The number of carboxylic acids is 1. The van der Waals surface area contributed by atoms with Crippen molar-refractivity contribution < 1.29 is 23.8 Å². The van der Waals surface area contributed by atoms with E-state index in [0.717, 1.165) is 31.4 Å². The highest BCUT2D eigenvalue weighted by molar-refractivity contribution is 6.33. The van der Waals surface area contributed by atoms with Crippen LogP contribution >= 0.6 is 11.6 Å². The molecule has 4 aromatic rings. The third-order valence-electron chi connectivity index (χ3n) is 8.17. The number of halogens is 2. The van der Waals surface area contributed by atoms with E-state index < -0.39 is 22.8 Å². The summed E-state index contributed by atoms with van der Waals surface area (Å²) in [5, 5.41) is 9.85. The van der Waals surface area contributed by atoms with Crippen molar-refractivity contribution in [1.82, 2.24) is 24.4 Å². The summed E-state index contributed by atoms with van der Waals surface area (Å²) in [5.41, 5.74) is -0.716. The molecule has 0 amide bonds. The number of hydrogen-bond donors (Lipinski definition) is 1. The summed E-state index contributed by atoms with van der Waals surface area (Å²) in [5.74, 6) is -0.728. The molecule has 0 unspecified atom stereocenters. The number of carboxylic acid groups (broad SMARTS) is 1. The van der Waals surface area contributed by atoms with Crippen molar-refractivity contribution in [3.05, 3.63) is 69.5 Å². The molecule has 2 saturated heterocycles. The van der Waals surface area contributed by atoms with Gasteiger partial charge in [-0.3, -0.25) is 9.36 Å². The summed E-state index contributed by atoms with van der Waals surface area (Å²) < 4.78 is 28.3. The third-order valence-corrected chi connectivity index (χ3v) is 8.52. The summed E-state index contributed by atoms with van der Waals surface area (Å²) in [6, 6.07) is 6.47. The minimum absolute atomic E-state index is 0.0319. The van der Waals surface area contributed by atoms with Gasteiger partial charge >= 0.3 is 5.97 Å². The average molecular weight is 654 g/mol. The number of rotatable bonds is 9. The van der Waals surface area contributed by atoms with E-state index in [2.05, 4.69) is 24.8 Å². The Morgan fingerprint density at radius 2 is 1.96 bits per heavy atom. The second-order valence-electron chi connectivity index (χ2n) is 11.0. The number of pyridine rings is 4. The van der Waals surface area contributed by atoms with Crippen LogP contribution in [-0.4, -0.2) is 95.0 Å². The molecule has 0 bridgehead atoms. The van der Waals surface area contributed by atoms with Crippen LogP contribution < -0.4 is 24.7 Å². The predicted octanol–water partition coefficient (Wildman–Crippen LogP) is 4.50. The van der Waals surface area contributed by atoms with Gasteiger partial charge in [-0.25, -0.2) is 24.1 Å². The number of fused-ring (bicyclic) bond motifs is 1. The Kier molecular flexibility index (Phi) is 9.92. The van der Waals surface area contributed by atoms with Crippen molar-refractivity contribution >= 4 is 40.2 Å². The van der Waals surface area contributed by atoms with Crippen LogP contribution in [0.5, 0.6) is 11.6 Å². The fourth-order valence-corrected chi connectivity index (χ4v) is 5.81. The molecule has 46 heavy (non-hydrogen) atoms. The Bertz CT molecular complexity index is 1780. The van der Waals surface area contributed by atoms with Crippen LogP contribution in [0, 0.1) is 5.82 Å². The van der Waals surface area contributed by atoms with Gasteiger partial charge in [0.1, 0.15) is 28.8 Å². The van der Waals surface area contributed by atoms with Gasteiger partial charge in [-0.05, 0) is 45.1 Å². The van der Waals surface area contributed by atoms with Gasteiger partial charge in [0.15, 0.2) is 17.3 Å². The van der Waals surface area contributed by atoms with Gasteiger partial charge in [0.2, 0.25) is 11.3 Å². The fourth-order valence-electron chi connectivity index (χ4n) is 5.57. The largest absolute Gasteiger partial charge is 0.495 e. The van der Waals surface area contributed by atoms with Gasteiger partial charge in [0, 0.05) is 44.1 Å². The number of carbonyl (C=O) groups is 1. The van der Waals surface area contributed by atoms with Gasteiger partial charge in [-0.15, -0.1) is 0 Å². The number of methoxy groups -OCH3 is 1. The van der Waals surface area contributed by atoms with Crippen molar-refractivity contribution in [2.45, 2.75) is 38.8 Å². The molecule has 1 atom stereocenters. The number of hydrogen-bond acceptors (Lipinski definition) is 10. The first-order chi connectivity index (χ1) is 22.2. The van der Waals surface area contributed by atoms with Crippen LogP contribution in [-0.2, 0) is 0 Å². The normalized spacial score (nSPS) is 16.3. The Labute approximate surface area is 271 Å². The highest BCUT2D eigenvalue weighted by Crippen LogP contribution is 2.33. The molecule has 12 nitrogen and oxygen atoms in total. The Balaban J connectivity index is 0.00000204. The molecule has 2 aliphatic heterocycles. The molecule has 0 radical (unpaired) electrons. The first-order valence-electron chi connectivity index (χ1n) is 15.1. The quantitative estimate of drug-likeness (QED) is 0.274. The molecule has 14 heteroatoms. The number of nitrogens with zero attached hydrogens (tertiary/aromatic N) is 7. The van der Waals surface area contributed by atoms with Crippen LogP contribution in [0.2, 0.25) is 5.02 Å². The van der Waals surface area contributed by atoms with Gasteiger partial charge < -0.3 is 29.3 Å². The lowest BCUT2D eigenvalue weighted by Crippen LogP contribution is -2.57. The van der Waals surface area contributed by atoms with Crippen molar-refractivity contribution in [3.8, 4) is 17.3 Å². The first kappa shape index (κ1) is 32.9. The Morgan fingerprint density at radius 3 is 2.61 bits per heavy atom. The van der Waals surface area contributed by atoms with Gasteiger partial charge in [-0.1, -0.05) is 25.4 Å². The average Bonchev–Trinajstić information content (AvgIpc) is 3.49. The van der Waals surface area contributed by atoms with Crippen LogP contribution in [0.3, 0.4) is 0 Å². The van der Waals surface area contributed by atoms with Crippen molar-refractivity contribution in [2.75, 3.05) is 57.2 Å². The summed E-state index contributed by atoms with van der Waals surface area (Å²) in [6.07, 6.45) is 5.78. The second kappa shape index (κ2) is 13.9. The molecule has 0 aromatic carbocycles. The Hall–Kier alpha value is -4.49. The van der Waals surface area contributed by atoms with E-state index in [9.17, 15) is 14.7 Å². The maximum Gasteiger partial charge on any atom is 0.341 e. The molecule has 244 valence electrons. The lowest BCUT2D eigenvalue weighted by Gasteiger charge is -2.43. The molecule has 2 fully saturated rings. The van der Waals surface area contributed by atoms with E-state index in [0.29, 0.717) is 30.4 Å². The van der Waals surface area contributed by atoms with Crippen LogP contribution in [0.4, 0.5) is 16.0 Å². The molecule has 2 aliphatic rings. The molecule has 0 saturated carbocycles. The number of aromatic carboxylic acids is 1. The maximum absolute atomic E-state index is 15.7. The van der Waals surface area contributed by atoms with Crippen molar-refractivity contribution in [1.29, 1.82) is 0 Å². The van der Waals surface area contributed by atoms with E-state index in [1.165, 1.54) is 24.1 Å². The lowest BCUT2D eigenvalue weighted by atomic mass is 10.1. The standard InChI is InChI=1S/C30H31ClFN7O5.C2H6/c1-36(2)19-13-37(14-19)24-7-6-17(12-34-24)39-15-21(30(41)42)26(40)20-11-22(32)28(35-27(20)39)38-10-4-5-18(38)16-44-29-25(31)23(43-3)8-9-33-29;1-2/h6-9,11-12,15,18-19H,4-5,10,13-14,16H2,1-3H3,(H,41,42);1-2H3/t18-;/m1./s1. The third kappa shape index (κ3) is 6.29. The second-order valence-corrected chi connectivity index (χ2v) is 11.4.